The van der Waals surface area contributed by atoms with Gasteiger partial charge in [0.1, 0.15) is 5.75 Å². The molecule has 1 aromatic rings. The second-order valence-corrected chi connectivity index (χ2v) is 7.27. The van der Waals surface area contributed by atoms with Crippen LogP contribution in [0.1, 0.15) is 18.4 Å². The molecule has 19 heavy (non-hydrogen) atoms. The van der Waals surface area contributed by atoms with Gasteiger partial charge in [0.05, 0.1) is 17.2 Å². The van der Waals surface area contributed by atoms with Crippen LogP contribution in [0.3, 0.4) is 0 Å². The zero-order valence-electron chi connectivity index (χ0n) is 10.7. The molecule has 1 amide bonds. The van der Waals surface area contributed by atoms with Crippen LogP contribution in [-0.4, -0.2) is 30.9 Å². The number of hydrogen-bond donors (Lipinski definition) is 2. The number of rotatable bonds is 3. The number of nitrogens with one attached hydrogen (secondary N) is 1. The third-order valence-corrected chi connectivity index (χ3v) is 5.07. The predicted octanol–water partition coefficient (Wildman–Crippen LogP) is 1.46. The van der Waals surface area contributed by atoms with Crippen molar-refractivity contribution in [3.05, 3.63) is 23.8 Å². The first-order valence-corrected chi connectivity index (χ1v) is 7.98. The Balaban J connectivity index is 1.95. The summed E-state index contributed by atoms with van der Waals surface area (Å²) in [6.07, 6.45) is 0.710. The quantitative estimate of drug-likeness (QED) is 0.823. The molecule has 0 bridgehead atoms. The summed E-state index contributed by atoms with van der Waals surface area (Å²) < 4.78 is 22.6. The highest BCUT2D eigenvalue weighted by Gasteiger charge is 2.29. The second-order valence-electron chi connectivity index (χ2n) is 5.04. The van der Waals surface area contributed by atoms with E-state index in [1.807, 2.05) is 6.92 Å². The molecule has 2 N–H and O–H groups in total. The van der Waals surface area contributed by atoms with Crippen LogP contribution in [0.5, 0.6) is 5.75 Å². The van der Waals surface area contributed by atoms with E-state index in [9.17, 15) is 18.3 Å². The smallest absolute Gasteiger partial charge is 0.224 e. The maximum atomic E-state index is 11.8. The van der Waals surface area contributed by atoms with Crippen LogP contribution in [0.4, 0.5) is 5.69 Å². The Morgan fingerprint density at radius 2 is 2.21 bits per heavy atom. The van der Waals surface area contributed by atoms with Crippen molar-refractivity contribution < 1.29 is 18.3 Å². The number of benzene rings is 1. The summed E-state index contributed by atoms with van der Waals surface area (Å²) in [6, 6.07) is 4.99. The third kappa shape index (κ3) is 3.70. The first-order chi connectivity index (χ1) is 8.85. The Labute approximate surface area is 112 Å². The molecule has 1 heterocycles. The molecule has 0 aliphatic carbocycles. The molecule has 0 radical (unpaired) electrons. The number of aromatic hydroxyl groups is 1. The van der Waals surface area contributed by atoms with Crippen LogP contribution in [-0.2, 0) is 14.6 Å². The standard InChI is InChI=1S/C13H17NO4S/c1-9-2-3-11(12(15)6-9)14-13(16)7-10-4-5-19(17,18)8-10/h2-3,6,10,15H,4-5,7-8H2,1H3,(H,14,16)/t10-/m0/s1. The van der Waals surface area contributed by atoms with Crippen LogP contribution in [0, 0.1) is 12.8 Å². The number of sulfone groups is 1. The summed E-state index contributed by atoms with van der Waals surface area (Å²) >= 11 is 0. The number of anilines is 1. The largest absolute Gasteiger partial charge is 0.506 e. The molecule has 1 aliphatic heterocycles. The molecule has 2 rings (SSSR count). The summed E-state index contributed by atoms with van der Waals surface area (Å²) in [5, 5.41) is 12.3. The van der Waals surface area contributed by atoms with Crippen molar-refractivity contribution in [1.82, 2.24) is 0 Å². The Kier molecular flexibility index (Phi) is 3.80. The molecule has 1 aliphatic rings. The normalized spacial score (nSPS) is 21.2. The molecule has 104 valence electrons. The topological polar surface area (TPSA) is 83.5 Å². The zero-order valence-corrected chi connectivity index (χ0v) is 11.5. The highest BCUT2D eigenvalue weighted by Crippen LogP contribution is 2.26. The van der Waals surface area contributed by atoms with Gasteiger partial charge in [0, 0.05) is 6.42 Å². The lowest BCUT2D eigenvalue weighted by molar-refractivity contribution is -0.116. The maximum Gasteiger partial charge on any atom is 0.224 e. The SMILES string of the molecule is Cc1ccc(NC(=O)C[C@@H]2CCS(=O)(=O)C2)c(O)c1. The third-order valence-electron chi connectivity index (χ3n) is 3.23. The molecule has 0 saturated carbocycles. The molecule has 1 aromatic carbocycles. The molecule has 0 aromatic heterocycles. The van der Waals surface area contributed by atoms with E-state index in [-0.39, 0.29) is 35.5 Å². The van der Waals surface area contributed by atoms with Crippen LogP contribution in [0.25, 0.3) is 0 Å². The first kappa shape index (κ1) is 13.9. The van der Waals surface area contributed by atoms with Gasteiger partial charge in [-0.3, -0.25) is 4.79 Å². The summed E-state index contributed by atoms with van der Waals surface area (Å²) in [6.45, 7) is 1.84. The van der Waals surface area contributed by atoms with Gasteiger partial charge in [-0.05, 0) is 37.0 Å². The lowest BCUT2D eigenvalue weighted by atomic mass is 10.0. The molecule has 1 atom stereocenters. The Morgan fingerprint density at radius 1 is 1.47 bits per heavy atom. The fourth-order valence-corrected chi connectivity index (χ4v) is 4.11. The van der Waals surface area contributed by atoms with Gasteiger partial charge in [0.2, 0.25) is 5.91 Å². The molecule has 1 fully saturated rings. The number of phenols is 1. The number of carbonyl (C=O) groups excluding carboxylic acids is 1. The Morgan fingerprint density at radius 3 is 2.79 bits per heavy atom. The van der Waals surface area contributed by atoms with Crippen molar-refractivity contribution in [2.45, 2.75) is 19.8 Å². The fraction of sp³-hybridized carbons (Fsp3) is 0.462. The van der Waals surface area contributed by atoms with Gasteiger partial charge in [0.25, 0.3) is 0 Å². The van der Waals surface area contributed by atoms with Gasteiger partial charge in [-0.1, -0.05) is 6.07 Å². The molecule has 0 unspecified atom stereocenters. The summed E-state index contributed by atoms with van der Waals surface area (Å²) in [5.41, 5.74) is 1.26. The van der Waals surface area contributed by atoms with E-state index in [0.717, 1.165) is 5.56 Å². The Bertz CT molecular complexity index is 595. The van der Waals surface area contributed by atoms with E-state index in [0.29, 0.717) is 12.1 Å². The monoisotopic (exact) mass is 283 g/mol. The minimum Gasteiger partial charge on any atom is -0.506 e. The van der Waals surface area contributed by atoms with Crippen LogP contribution in [0.15, 0.2) is 18.2 Å². The van der Waals surface area contributed by atoms with E-state index in [1.54, 1.807) is 18.2 Å². The lowest BCUT2D eigenvalue weighted by Gasteiger charge is -2.10. The summed E-state index contributed by atoms with van der Waals surface area (Å²) in [5.74, 6) is -0.104. The molecule has 0 spiro atoms. The minimum atomic E-state index is -2.96. The van der Waals surface area contributed by atoms with E-state index in [1.165, 1.54) is 0 Å². The van der Waals surface area contributed by atoms with E-state index < -0.39 is 9.84 Å². The van der Waals surface area contributed by atoms with Gasteiger partial charge >= 0.3 is 0 Å². The highest BCUT2D eigenvalue weighted by atomic mass is 32.2. The van der Waals surface area contributed by atoms with Gasteiger partial charge < -0.3 is 10.4 Å². The van der Waals surface area contributed by atoms with Crippen LogP contribution in [0.2, 0.25) is 0 Å². The summed E-state index contributed by atoms with van der Waals surface area (Å²) in [4.78, 5) is 11.8. The molecular weight excluding hydrogens is 266 g/mol. The number of hydrogen-bond acceptors (Lipinski definition) is 4. The van der Waals surface area contributed by atoms with Crippen molar-refractivity contribution in [1.29, 1.82) is 0 Å². The van der Waals surface area contributed by atoms with Gasteiger partial charge in [-0.15, -0.1) is 0 Å². The van der Waals surface area contributed by atoms with Crippen molar-refractivity contribution in [2.24, 2.45) is 5.92 Å². The lowest BCUT2D eigenvalue weighted by Crippen LogP contribution is -2.17. The van der Waals surface area contributed by atoms with Gasteiger partial charge in [0.15, 0.2) is 9.84 Å². The van der Waals surface area contributed by atoms with E-state index in [4.69, 9.17) is 0 Å². The average Bonchev–Trinajstić information content (AvgIpc) is 2.62. The molecule has 5 nitrogen and oxygen atoms in total. The fourth-order valence-electron chi connectivity index (χ4n) is 2.24. The molecule has 1 saturated heterocycles. The predicted molar refractivity (Wildman–Crippen MR) is 72.9 cm³/mol. The van der Waals surface area contributed by atoms with Crippen molar-refractivity contribution >= 4 is 21.4 Å². The Hall–Kier alpha value is -1.56. The molecular formula is C13H17NO4S. The highest BCUT2D eigenvalue weighted by molar-refractivity contribution is 7.91. The summed E-state index contributed by atoms with van der Waals surface area (Å²) in [7, 11) is -2.96. The molecule has 6 heteroatoms. The maximum absolute atomic E-state index is 11.8. The van der Waals surface area contributed by atoms with Crippen molar-refractivity contribution in [3.8, 4) is 5.75 Å². The van der Waals surface area contributed by atoms with Crippen molar-refractivity contribution in [2.75, 3.05) is 16.8 Å². The number of amides is 1. The van der Waals surface area contributed by atoms with E-state index in [2.05, 4.69) is 5.32 Å². The van der Waals surface area contributed by atoms with E-state index >= 15 is 0 Å². The number of aryl methyl sites for hydroxylation is 1. The zero-order chi connectivity index (χ0) is 14.0. The van der Waals surface area contributed by atoms with Crippen molar-refractivity contribution in [3.63, 3.8) is 0 Å². The van der Waals surface area contributed by atoms with Crippen LogP contribution >= 0.6 is 0 Å². The van der Waals surface area contributed by atoms with Crippen LogP contribution < -0.4 is 5.32 Å². The second kappa shape index (κ2) is 5.21. The van der Waals surface area contributed by atoms with Gasteiger partial charge in [-0.25, -0.2) is 8.42 Å². The first-order valence-electron chi connectivity index (χ1n) is 6.15. The average molecular weight is 283 g/mol. The number of carbonyl (C=O) groups is 1. The number of phenolic OH excluding ortho intramolecular Hbond substituents is 1. The minimum absolute atomic E-state index is 0.0207. The van der Waals surface area contributed by atoms with Gasteiger partial charge in [-0.2, -0.15) is 0 Å².